The van der Waals surface area contributed by atoms with Crippen LogP contribution in [0.5, 0.6) is 5.75 Å². The number of aryl methyl sites for hydroxylation is 1. The van der Waals surface area contributed by atoms with E-state index in [0.29, 0.717) is 6.61 Å². The molecule has 1 heterocycles. The van der Waals surface area contributed by atoms with Gasteiger partial charge in [0.05, 0.1) is 0 Å². The van der Waals surface area contributed by atoms with Gasteiger partial charge in [0.25, 0.3) is 0 Å². The third-order valence-corrected chi connectivity index (χ3v) is 3.15. The minimum atomic E-state index is 0.501. The number of benzene rings is 1. The van der Waals surface area contributed by atoms with Crippen molar-refractivity contribution in [3.63, 3.8) is 0 Å². The molecule has 0 bridgehead atoms. The second-order valence-corrected chi connectivity index (χ2v) is 4.88. The van der Waals surface area contributed by atoms with E-state index in [9.17, 15) is 0 Å². The largest absolute Gasteiger partial charge is 0.488 e. The van der Waals surface area contributed by atoms with E-state index in [-0.39, 0.29) is 0 Å². The molecule has 4 heteroatoms. The average Bonchev–Trinajstić information content (AvgIpc) is 2.40. The predicted molar refractivity (Wildman–Crippen MR) is 77.0 cm³/mol. The van der Waals surface area contributed by atoms with E-state index in [2.05, 4.69) is 26.2 Å². The first-order valence-electron chi connectivity index (χ1n) is 5.71. The Morgan fingerprint density at radius 1 is 1.33 bits per heavy atom. The molecule has 0 aliphatic carbocycles. The summed E-state index contributed by atoms with van der Waals surface area (Å²) in [7, 11) is 1.86. The van der Waals surface area contributed by atoms with Gasteiger partial charge in [-0.1, -0.05) is 28.1 Å². The molecule has 94 valence electrons. The zero-order chi connectivity index (χ0) is 13.0. The Morgan fingerprint density at radius 3 is 2.94 bits per heavy atom. The first-order valence-corrected chi connectivity index (χ1v) is 6.50. The quantitative estimate of drug-likeness (QED) is 0.933. The van der Waals surface area contributed by atoms with Crippen LogP contribution in [0.15, 0.2) is 41.0 Å². The lowest BCUT2D eigenvalue weighted by atomic mass is 10.2. The number of hydrogen-bond acceptors (Lipinski definition) is 3. The van der Waals surface area contributed by atoms with Gasteiger partial charge in [0.1, 0.15) is 18.2 Å². The third kappa shape index (κ3) is 3.01. The maximum absolute atomic E-state index is 5.84. The molecule has 3 nitrogen and oxygen atoms in total. The molecule has 1 aromatic carbocycles. The van der Waals surface area contributed by atoms with Crippen molar-refractivity contribution in [2.24, 2.45) is 0 Å². The molecular formula is C14H15BrN2O. The van der Waals surface area contributed by atoms with Gasteiger partial charge in [-0.05, 0) is 30.7 Å². The molecule has 0 atom stereocenters. The highest BCUT2D eigenvalue weighted by molar-refractivity contribution is 9.10. The lowest BCUT2D eigenvalue weighted by Gasteiger charge is -2.11. The van der Waals surface area contributed by atoms with Crippen LogP contribution in [0.3, 0.4) is 0 Å². The van der Waals surface area contributed by atoms with E-state index in [1.54, 1.807) is 6.20 Å². The summed E-state index contributed by atoms with van der Waals surface area (Å²) < 4.78 is 6.85. The van der Waals surface area contributed by atoms with E-state index in [1.807, 2.05) is 44.3 Å². The Morgan fingerprint density at radius 2 is 2.17 bits per heavy atom. The van der Waals surface area contributed by atoms with E-state index in [4.69, 9.17) is 4.74 Å². The fraction of sp³-hybridized carbons (Fsp3) is 0.214. The maximum atomic E-state index is 5.84. The van der Waals surface area contributed by atoms with Crippen molar-refractivity contribution in [2.75, 3.05) is 12.4 Å². The van der Waals surface area contributed by atoms with Gasteiger partial charge >= 0.3 is 0 Å². The predicted octanol–water partition coefficient (Wildman–Crippen LogP) is 3.77. The Labute approximate surface area is 115 Å². The highest BCUT2D eigenvalue weighted by Crippen LogP contribution is 2.24. The van der Waals surface area contributed by atoms with Gasteiger partial charge in [-0.2, -0.15) is 0 Å². The highest BCUT2D eigenvalue weighted by Gasteiger charge is 2.04. The van der Waals surface area contributed by atoms with Crippen molar-refractivity contribution >= 4 is 21.7 Å². The number of nitrogens with one attached hydrogen (secondary N) is 1. The van der Waals surface area contributed by atoms with Crippen LogP contribution >= 0.6 is 15.9 Å². The minimum Gasteiger partial charge on any atom is -0.488 e. The molecule has 2 aromatic rings. The maximum Gasteiger partial charge on any atom is 0.132 e. The van der Waals surface area contributed by atoms with Crippen molar-refractivity contribution in [3.05, 3.63) is 52.1 Å². The van der Waals surface area contributed by atoms with Gasteiger partial charge in [0, 0.05) is 23.3 Å². The molecule has 0 amide bonds. The summed E-state index contributed by atoms with van der Waals surface area (Å²) >= 11 is 3.45. The first kappa shape index (κ1) is 12.9. The van der Waals surface area contributed by atoms with Crippen molar-refractivity contribution in [1.82, 2.24) is 4.98 Å². The topological polar surface area (TPSA) is 34.2 Å². The molecule has 0 aliphatic heterocycles. The second-order valence-electron chi connectivity index (χ2n) is 3.96. The average molecular weight is 307 g/mol. The summed E-state index contributed by atoms with van der Waals surface area (Å²) in [5.74, 6) is 1.74. The number of nitrogens with zero attached hydrogens (tertiary/aromatic N) is 1. The lowest BCUT2D eigenvalue weighted by molar-refractivity contribution is 0.304. The van der Waals surface area contributed by atoms with E-state index in [0.717, 1.165) is 27.2 Å². The van der Waals surface area contributed by atoms with Crippen LogP contribution in [0.2, 0.25) is 0 Å². The van der Waals surface area contributed by atoms with Gasteiger partial charge in [0.2, 0.25) is 0 Å². The number of hydrogen-bond donors (Lipinski definition) is 1. The van der Waals surface area contributed by atoms with Crippen LogP contribution in [-0.4, -0.2) is 12.0 Å². The Kier molecular flexibility index (Phi) is 4.20. The second kappa shape index (κ2) is 5.87. The molecule has 0 fully saturated rings. The number of pyridine rings is 1. The molecule has 0 aliphatic rings. The first-order chi connectivity index (χ1) is 8.70. The van der Waals surface area contributed by atoms with Crippen LogP contribution < -0.4 is 10.1 Å². The summed E-state index contributed by atoms with van der Waals surface area (Å²) in [6.45, 7) is 2.53. The Balaban J connectivity index is 2.14. The molecule has 0 saturated heterocycles. The number of ether oxygens (including phenoxy) is 1. The number of aromatic nitrogens is 1. The van der Waals surface area contributed by atoms with Crippen LogP contribution in [0.25, 0.3) is 0 Å². The van der Waals surface area contributed by atoms with Crippen LogP contribution in [0.4, 0.5) is 5.82 Å². The fourth-order valence-electron chi connectivity index (χ4n) is 1.67. The van der Waals surface area contributed by atoms with Gasteiger partial charge in [0.15, 0.2) is 0 Å². The number of anilines is 1. The standard InChI is InChI=1S/C14H15BrN2O/c1-10-5-6-12(15)8-13(10)18-9-11-4-3-7-17-14(11)16-2/h3-8H,9H2,1-2H3,(H,16,17). The molecule has 0 saturated carbocycles. The molecule has 0 spiro atoms. The van der Waals surface area contributed by atoms with Crippen molar-refractivity contribution in [1.29, 1.82) is 0 Å². The molecular weight excluding hydrogens is 292 g/mol. The van der Waals surface area contributed by atoms with Crippen molar-refractivity contribution < 1.29 is 4.74 Å². The normalized spacial score (nSPS) is 10.2. The van der Waals surface area contributed by atoms with Gasteiger partial charge in [-0.25, -0.2) is 4.98 Å². The number of halogens is 1. The zero-order valence-corrected chi connectivity index (χ0v) is 12.0. The Bertz CT molecular complexity index is 543. The van der Waals surface area contributed by atoms with Crippen molar-refractivity contribution in [3.8, 4) is 5.75 Å². The number of rotatable bonds is 4. The minimum absolute atomic E-state index is 0.501. The van der Waals surface area contributed by atoms with Crippen molar-refractivity contribution in [2.45, 2.75) is 13.5 Å². The summed E-state index contributed by atoms with van der Waals surface area (Å²) in [6.07, 6.45) is 1.76. The molecule has 18 heavy (non-hydrogen) atoms. The summed E-state index contributed by atoms with van der Waals surface area (Å²) in [5.41, 5.74) is 2.16. The summed E-state index contributed by atoms with van der Waals surface area (Å²) in [4.78, 5) is 4.25. The molecule has 2 rings (SSSR count). The zero-order valence-electron chi connectivity index (χ0n) is 10.4. The summed E-state index contributed by atoms with van der Waals surface area (Å²) in [5, 5.41) is 3.06. The summed E-state index contributed by atoms with van der Waals surface area (Å²) in [6, 6.07) is 9.93. The fourth-order valence-corrected chi connectivity index (χ4v) is 2.01. The third-order valence-electron chi connectivity index (χ3n) is 2.66. The molecule has 1 aromatic heterocycles. The van der Waals surface area contributed by atoms with Crippen LogP contribution in [0, 0.1) is 6.92 Å². The molecule has 0 radical (unpaired) electrons. The van der Waals surface area contributed by atoms with Gasteiger partial charge < -0.3 is 10.1 Å². The van der Waals surface area contributed by atoms with Gasteiger partial charge in [-0.3, -0.25) is 0 Å². The van der Waals surface area contributed by atoms with Crippen LogP contribution in [-0.2, 0) is 6.61 Å². The highest BCUT2D eigenvalue weighted by atomic mass is 79.9. The van der Waals surface area contributed by atoms with E-state index < -0.39 is 0 Å². The molecule has 1 N–H and O–H groups in total. The van der Waals surface area contributed by atoms with Gasteiger partial charge in [-0.15, -0.1) is 0 Å². The smallest absolute Gasteiger partial charge is 0.132 e. The van der Waals surface area contributed by atoms with Crippen LogP contribution in [0.1, 0.15) is 11.1 Å². The molecule has 0 unspecified atom stereocenters. The van der Waals surface area contributed by atoms with E-state index >= 15 is 0 Å². The lowest BCUT2D eigenvalue weighted by Crippen LogP contribution is -2.03. The SMILES string of the molecule is CNc1ncccc1COc1cc(Br)ccc1C. The van der Waals surface area contributed by atoms with E-state index in [1.165, 1.54) is 0 Å². The Hall–Kier alpha value is -1.55. The monoisotopic (exact) mass is 306 g/mol.